The van der Waals surface area contributed by atoms with Crippen LogP contribution in [0, 0.1) is 6.92 Å². The number of ether oxygens (including phenoxy) is 1. The number of hydrogen-bond acceptors (Lipinski definition) is 6. The van der Waals surface area contributed by atoms with Crippen LogP contribution in [0.4, 0.5) is 0 Å². The Bertz CT molecular complexity index is 1050. The molecular formula is C19H18N4O2S. The Morgan fingerprint density at radius 1 is 1.23 bits per heavy atom. The quantitative estimate of drug-likeness (QED) is 0.875. The molecule has 0 bridgehead atoms. The number of benzene rings is 2. The maximum atomic E-state index is 12.8. The molecule has 2 aliphatic heterocycles. The van der Waals surface area contributed by atoms with Gasteiger partial charge in [0.05, 0.1) is 12.5 Å². The number of fused-ring (bicyclic) bond motifs is 2. The maximum absolute atomic E-state index is 12.8. The SMILES string of the molecule is COc1ccc([C@H]2N=c3ccccc3=C3C(=O)NC(SC)=NN32)cc1C. The lowest BCUT2D eigenvalue weighted by molar-refractivity contribution is -0.116. The monoisotopic (exact) mass is 366 g/mol. The fourth-order valence-electron chi connectivity index (χ4n) is 3.20. The summed E-state index contributed by atoms with van der Waals surface area (Å²) in [5.74, 6) is 0.654. The maximum Gasteiger partial charge on any atom is 0.276 e. The summed E-state index contributed by atoms with van der Waals surface area (Å²) in [5, 5.41) is 11.3. The summed E-state index contributed by atoms with van der Waals surface area (Å²) in [5.41, 5.74) is 2.48. The number of rotatable bonds is 2. The van der Waals surface area contributed by atoms with E-state index in [4.69, 9.17) is 9.73 Å². The van der Waals surface area contributed by atoms with Crippen molar-refractivity contribution in [3.8, 4) is 5.75 Å². The summed E-state index contributed by atoms with van der Waals surface area (Å²) in [6, 6.07) is 13.6. The van der Waals surface area contributed by atoms with Crippen molar-refractivity contribution in [2.24, 2.45) is 10.1 Å². The third kappa shape index (κ3) is 2.64. The smallest absolute Gasteiger partial charge is 0.276 e. The van der Waals surface area contributed by atoms with Crippen molar-refractivity contribution in [2.75, 3.05) is 13.4 Å². The number of methoxy groups -OCH3 is 1. The molecule has 0 saturated carbocycles. The molecule has 0 unspecified atom stereocenters. The van der Waals surface area contributed by atoms with Crippen LogP contribution in [-0.2, 0) is 4.79 Å². The number of para-hydroxylation sites is 1. The van der Waals surface area contributed by atoms with Gasteiger partial charge >= 0.3 is 0 Å². The van der Waals surface area contributed by atoms with Gasteiger partial charge < -0.3 is 4.74 Å². The normalized spacial score (nSPS) is 18.3. The Kier molecular flexibility index (Phi) is 4.16. The molecule has 1 atom stereocenters. The first kappa shape index (κ1) is 16.7. The number of hydrogen-bond donors (Lipinski definition) is 1. The zero-order valence-electron chi connectivity index (χ0n) is 14.7. The second-order valence-electron chi connectivity index (χ2n) is 6.01. The first-order valence-corrected chi connectivity index (χ1v) is 9.39. The Morgan fingerprint density at radius 2 is 2.04 bits per heavy atom. The Hall–Kier alpha value is -2.80. The van der Waals surface area contributed by atoms with Crippen molar-refractivity contribution in [1.82, 2.24) is 10.3 Å². The number of amidine groups is 1. The predicted octanol–water partition coefficient (Wildman–Crippen LogP) is 1.51. The van der Waals surface area contributed by atoms with Crippen LogP contribution in [0.1, 0.15) is 17.3 Å². The first-order valence-electron chi connectivity index (χ1n) is 8.17. The lowest BCUT2D eigenvalue weighted by Gasteiger charge is -2.34. The number of amides is 1. The van der Waals surface area contributed by atoms with Gasteiger partial charge in [0.1, 0.15) is 11.4 Å². The zero-order valence-corrected chi connectivity index (χ0v) is 15.5. The molecule has 7 heteroatoms. The van der Waals surface area contributed by atoms with Crippen LogP contribution >= 0.6 is 11.8 Å². The van der Waals surface area contributed by atoms with Gasteiger partial charge in [-0.2, -0.15) is 0 Å². The van der Waals surface area contributed by atoms with Crippen molar-refractivity contribution in [3.63, 3.8) is 0 Å². The van der Waals surface area contributed by atoms with Gasteiger partial charge in [0, 0.05) is 5.22 Å². The molecule has 2 aliphatic rings. The van der Waals surface area contributed by atoms with Gasteiger partial charge in [-0.15, -0.1) is 5.10 Å². The first-order chi connectivity index (χ1) is 12.6. The average molecular weight is 366 g/mol. The molecule has 0 radical (unpaired) electrons. The summed E-state index contributed by atoms with van der Waals surface area (Å²) in [6.07, 6.45) is 1.48. The molecule has 1 N–H and O–H groups in total. The molecule has 26 heavy (non-hydrogen) atoms. The van der Waals surface area contributed by atoms with Gasteiger partial charge in [-0.25, -0.2) is 5.01 Å². The van der Waals surface area contributed by atoms with E-state index in [0.717, 1.165) is 27.5 Å². The molecular weight excluding hydrogens is 348 g/mol. The topological polar surface area (TPSA) is 66.3 Å². The van der Waals surface area contributed by atoms with Crippen LogP contribution < -0.4 is 20.6 Å². The van der Waals surface area contributed by atoms with Gasteiger partial charge in [0.15, 0.2) is 11.3 Å². The molecule has 2 aromatic rings. The van der Waals surface area contributed by atoms with Gasteiger partial charge in [-0.1, -0.05) is 36.0 Å². The van der Waals surface area contributed by atoms with Gasteiger partial charge in [-0.3, -0.25) is 15.1 Å². The minimum atomic E-state index is -0.405. The Morgan fingerprint density at radius 3 is 2.77 bits per heavy atom. The van der Waals surface area contributed by atoms with Gasteiger partial charge in [0.2, 0.25) is 0 Å². The lowest BCUT2D eigenvalue weighted by atomic mass is 10.1. The molecule has 4 rings (SSSR count). The number of nitrogens with one attached hydrogen (secondary N) is 1. The molecule has 0 saturated heterocycles. The minimum Gasteiger partial charge on any atom is -0.496 e. The van der Waals surface area contributed by atoms with Crippen molar-refractivity contribution in [1.29, 1.82) is 0 Å². The molecule has 0 fully saturated rings. The molecule has 132 valence electrons. The Balaban J connectivity index is 1.95. The van der Waals surface area contributed by atoms with Crippen molar-refractivity contribution < 1.29 is 9.53 Å². The zero-order chi connectivity index (χ0) is 18.3. The predicted molar refractivity (Wildman–Crippen MR) is 102 cm³/mol. The van der Waals surface area contributed by atoms with Crippen LogP contribution in [-0.4, -0.2) is 29.4 Å². The second kappa shape index (κ2) is 6.49. The molecule has 0 aliphatic carbocycles. The highest BCUT2D eigenvalue weighted by atomic mass is 32.2. The second-order valence-corrected chi connectivity index (χ2v) is 6.80. The number of aryl methyl sites for hydroxylation is 1. The molecule has 6 nitrogen and oxygen atoms in total. The van der Waals surface area contributed by atoms with E-state index < -0.39 is 6.17 Å². The summed E-state index contributed by atoms with van der Waals surface area (Å²) in [6.45, 7) is 1.99. The van der Waals surface area contributed by atoms with Gasteiger partial charge in [-0.05, 0) is 42.5 Å². The van der Waals surface area contributed by atoms with E-state index in [1.165, 1.54) is 11.8 Å². The molecule has 2 heterocycles. The van der Waals surface area contributed by atoms with Crippen LogP contribution in [0.3, 0.4) is 0 Å². The fourth-order valence-corrected chi connectivity index (χ4v) is 3.56. The molecule has 2 aromatic carbocycles. The number of carbonyl (C=O) groups is 1. The van der Waals surface area contributed by atoms with Crippen molar-refractivity contribution in [2.45, 2.75) is 13.1 Å². The number of thioether (sulfide) groups is 1. The highest BCUT2D eigenvalue weighted by molar-refractivity contribution is 8.13. The van der Waals surface area contributed by atoms with Crippen LogP contribution in [0.25, 0.3) is 5.70 Å². The number of carbonyl (C=O) groups excluding carboxylic acids is 1. The Labute approximate surface area is 155 Å². The van der Waals surface area contributed by atoms with Gasteiger partial charge in [0.25, 0.3) is 5.91 Å². The third-order valence-corrected chi connectivity index (χ3v) is 5.00. The largest absolute Gasteiger partial charge is 0.496 e. The fraction of sp³-hybridized carbons (Fsp3) is 0.211. The lowest BCUT2D eigenvalue weighted by Crippen LogP contribution is -2.50. The van der Waals surface area contributed by atoms with E-state index in [1.807, 2.05) is 55.6 Å². The average Bonchev–Trinajstić information content (AvgIpc) is 2.66. The van der Waals surface area contributed by atoms with E-state index in [2.05, 4.69) is 10.4 Å². The summed E-state index contributed by atoms with van der Waals surface area (Å²) in [7, 11) is 1.65. The highest BCUT2D eigenvalue weighted by Crippen LogP contribution is 2.32. The van der Waals surface area contributed by atoms with E-state index in [1.54, 1.807) is 12.1 Å². The van der Waals surface area contributed by atoms with E-state index in [9.17, 15) is 4.79 Å². The number of hydrazone groups is 1. The standard InChI is InChI=1S/C19H18N4O2S/c1-11-10-12(8-9-15(11)25-2)17-20-14-7-5-4-6-13(14)16-18(24)21-19(26-3)22-23(16)17/h4-10,17H,1-3H3,(H,21,22,24)/t17-/m0/s1. The highest BCUT2D eigenvalue weighted by Gasteiger charge is 2.34. The van der Waals surface area contributed by atoms with Crippen molar-refractivity contribution >= 4 is 28.5 Å². The van der Waals surface area contributed by atoms with Crippen LogP contribution in [0.2, 0.25) is 0 Å². The molecule has 0 spiro atoms. The van der Waals surface area contributed by atoms with Crippen LogP contribution in [0.15, 0.2) is 52.6 Å². The van der Waals surface area contributed by atoms with E-state index >= 15 is 0 Å². The summed E-state index contributed by atoms with van der Waals surface area (Å²) >= 11 is 1.39. The molecule has 0 aromatic heterocycles. The molecule has 1 amide bonds. The summed E-state index contributed by atoms with van der Waals surface area (Å²) < 4.78 is 5.36. The van der Waals surface area contributed by atoms with Crippen molar-refractivity contribution in [3.05, 3.63) is 64.2 Å². The summed E-state index contributed by atoms with van der Waals surface area (Å²) in [4.78, 5) is 17.6. The van der Waals surface area contributed by atoms with E-state index in [-0.39, 0.29) is 5.91 Å². The third-order valence-electron chi connectivity index (χ3n) is 4.43. The number of nitrogens with zero attached hydrogens (tertiary/aromatic N) is 3. The van der Waals surface area contributed by atoms with Crippen LogP contribution in [0.5, 0.6) is 5.75 Å². The minimum absolute atomic E-state index is 0.165. The van der Waals surface area contributed by atoms with E-state index in [0.29, 0.717) is 10.9 Å².